The SMILES string of the molecule is C[Si](C)(C)CCOCn1c(CCl)nc2ccc(Cl)cc21. The number of benzene rings is 1. The zero-order chi connectivity index (χ0) is 14.8. The fraction of sp³-hybridized carbons (Fsp3) is 0.500. The number of hydrogen-bond acceptors (Lipinski definition) is 2. The zero-order valence-electron chi connectivity index (χ0n) is 12.1. The Kier molecular flexibility index (Phi) is 5.12. The molecule has 1 heterocycles. The van der Waals surface area contributed by atoms with Crippen molar-refractivity contribution in [1.82, 2.24) is 9.55 Å². The van der Waals surface area contributed by atoms with Crippen LogP contribution in [0.25, 0.3) is 11.0 Å². The minimum absolute atomic E-state index is 0.365. The first-order valence-electron chi connectivity index (χ1n) is 6.69. The normalized spacial score (nSPS) is 12.2. The highest BCUT2D eigenvalue weighted by Gasteiger charge is 2.13. The summed E-state index contributed by atoms with van der Waals surface area (Å²) in [6.07, 6.45) is 0. The molecule has 0 fully saturated rings. The second-order valence-corrected chi connectivity index (χ2v) is 12.4. The molecule has 0 amide bonds. The number of nitrogens with zero attached hydrogens (tertiary/aromatic N) is 2. The summed E-state index contributed by atoms with van der Waals surface area (Å²) in [5.41, 5.74) is 1.87. The molecule has 0 unspecified atom stereocenters. The first kappa shape index (κ1) is 15.8. The van der Waals surface area contributed by atoms with E-state index in [4.69, 9.17) is 27.9 Å². The summed E-state index contributed by atoms with van der Waals surface area (Å²) >= 11 is 12.0. The smallest absolute Gasteiger partial charge is 0.126 e. The maximum atomic E-state index is 6.05. The Bertz CT molecular complexity index is 593. The van der Waals surface area contributed by atoms with Crippen molar-refractivity contribution in [3.8, 4) is 0 Å². The molecule has 20 heavy (non-hydrogen) atoms. The third-order valence-electron chi connectivity index (χ3n) is 3.13. The predicted octanol–water partition coefficient (Wildman–Crippen LogP) is 4.74. The number of hydrogen-bond donors (Lipinski definition) is 0. The van der Waals surface area contributed by atoms with Gasteiger partial charge in [0.1, 0.15) is 12.6 Å². The lowest BCUT2D eigenvalue weighted by Gasteiger charge is -2.16. The quantitative estimate of drug-likeness (QED) is 0.434. The summed E-state index contributed by atoms with van der Waals surface area (Å²) in [6.45, 7) is 8.27. The van der Waals surface area contributed by atoms with Gasteiger partial charge in [-0.25, -0.2) is 4.98 Å². The Hall–Kier alpha value is -0.553. The highest BCUT2D eigenvalue weighted by Crippen LogP contribution is 2.22. The molecule has 0 atom stereocenters. The van der Waals surface area contributed by atoms with Gasteiger partial charge in [0.15, 0.2) is 0 Å². The molecule has 0 aliphatic carbocycles. The number of fused-ring (bicyclic) bond motifs is 1. The lowest BCUT2D eigenvalue weighted by molar-refractivity contribution is 0.0883. The second kappa shape index (κ2) is 6.48. The molecule has 3 nitrogen and oxygen atoms in total. The molecule has 6 heteroatoms. The monoisotopic (exact) mass is 330 g/mol. The van der Waals surface area contributed by atoms with E-state index in [0.717, 1.165) is 29.5 Å². The molecule has 0 N–H and O–H groups in total. The summed E-state index contributed by atoms with van der Waals surface area (Å²) in [5, 5.41) is 0.696. The third kappa shape index (κ3) is 3.98. The summed E-state index contributed by atoms with van der Waals surface area (Å²) in [4.78, 5) is 4.50. The number of aromatic nitrogens is 2. The fourth-order valence-corrected chi connectivity index (χ4v) is 3.05. The van der Waals surface area contributed by atoms with Gasteiger partial charge >= 0.3 is 0 Å². The van der Waals surface area contributed by atoms with E-state index in [1.807, 2.05) is 22.8 Å². The molecule has 0 spiro atoms. The summed E-state index contributed by atoms with van der Waals surface area (Å²) < 4.78 is 7.80. The molecule has 1 aromatic carbocycles. The van der Waals surface area contributed by atoms with Crippen molar-refractivity contribution >= 4 is 42.3 Å². The van der Waals surface area contributed by atoms with Gasteiger partial charge in [-0.3, -0.25) is 0 Å². The van der Waals surface area contributed by atoms with E-state index in [9.17, 15) is 0 Å². The Balaban J connectivity index is 2.13. The van der Waals surface area contributed by atoms with Crippen LogP contribution in [0.1, 0.15) is 5.82 Å². The molecule has 2 rings (SSSR count). The average Bonchev–Trinajstić information content (AvgIpc) is 2.71. The average molecular weight is 331 g/mol. The minimum atomic E-state index is -1.06. The molecule has 0 aliphatic rings. The van der Waals surface area contributed by atoms with Crippen molar-refractivity contribution in [2.75, 3.05) is 6.61 Å². The van der Waals surface area contributed by atoms with Crippen molar-refractivity contribution in [1.29, 1.82) is 0 Å². The van der Waals surface area contributed by atoms with Crippen LogP contribution in [-0.4, -0.2) is 24.2 Å². The molecule has 0 saturated heterocycles. The predicted molar refractivity (Wildman–Crippen MR) is 88.4 cm³/mol. The van der Waals surface area contributed by atoms with Gasteiger partial charge in [0.2, 0.25) is 0 Å². The number of ether oxygens (including phenoxy) is 1. The van der Waals surface area contributed by atoms with E-state index in [1.165, 1.54) is 0 Å². The van der Waals surface area contributed by atoms with Crippen LogP contribution in [0.5, 0.6) is 0 Å². The molecule has 0 bridgehead atoms. The Morgan fingerprint density at radius 2 is 2.05 bits per heavy atom. The van der Waals surface area contributed by atoms with E-state index in [1.54, 1.807) is 0 Å². The highest BCUT2D eigenvalue weighted by atomic mass is 35.5. The van der Waals surface area contributed by atoms with Crippen molar-refractivity contribution in [3.05, 3.63) is 29.0 Å². The molecular formula is C14H20Cl2N2OSi. The van der Waals surface area contributed by atoms with Crippen molar-refractivity contribution in [3.63, 3.8) is 0 Å². The molecule has 2 aromatic rings. The fourth-order valence-electron chi connectivity index (χ4n) is 1.93. The van der Waals surface area contributed by atoms with E-state index >= 15 is 0 Å². The van der Waals surface area contributed by atoms with Crippen LogP contribution < -0.4 is 0 Å². The first-order chi connectivity index (χ1) is 9.40. The lowest BCUT2D eigenvalue weighted by atomic mass is 10.3. The van der Waals surface area contributed by atoms with E-state index in [2.05, 4.69) is 24.6 Å². The number of rotatable bonds is 6. The number of imidazole rings is 1. The van der Waals surface area contributed by atoms with E-state index < -0.39 is 8.07 Å². The molecular weight excluding hydrogens is 311 g/mol. The Labute approximate surface area is 130 Å². The number of alkyl halides is 1. The van der Waals surface area contributed by atoms with Crippen LogP contribution in [0.3, 0.4) is 0 Å². The topological polar surface area (TPSA) is 27.1 Å². The van der Waals surface area contributed by atoms with Crippen LogP contribution >= 0.6 is 23.2 Å². The highest BCUT2D eigenvalue weighted by molar-refractivity contribution is 6.76. The van der Waals surface area contributed by atoms with E-state index in [0.29, 0.717) is 17.6 Å². The van der Waals surface area contributed by atoms with Gasteiger partial charge in [-0.2, -0.15) is 0 Å². The van der Waals surface area contributed by atoms with Crippen LogP contribution in [0.2, 0.25) is 30.7 Å². The van der Waals surface area contributed by atoms with Gasteiger partial charge in [-0.15, -0.1) is 11.6 Å². The molecule has 0 radical (unpaired) electrons. The van der Waals surface area contributed by atoms with Crippen LogP contribution in [0, 0.1) is 0 Å². The van der Waals surface area contributed by atoms with Gasteiger partial charge in [-0.1, -0.05) is 31.2 Å². The van der Waals surface area contributed by atoms with E-state index in [-0.39, 0.29) is 0 Å². The second-order valence-electron chi connectivity index (χ2n) is 6.07. The maximum absolute atomic E-state index is 6.05. The molecule has 1 aromatic heterocycles. The van der Waals surface area contributed by atoms with Crippen molar-refractivity contribution in [2.24, 2.45) is 0 Å². The Morgan fingerprint density at radius 1 is 1.30 bits per heavy atom. The maximum Gasteiger partial charge on any atom is 0.126 e. The minimum Gasteiger partial charge on any atom is -0.361 e. The van der Waals surface area contributed by atoms with Gasteiger partial charge in [0.25, 0.3) is 0 Å². The first-order valence-corrected chi connectivity index (χ1v) is 11.3. The zero-order valence-corrected chi connectivity index (χ0v) is 14.6. The summed E-state index contributed by atoms with van der Waals surface area (Å²) in [7, 11) is -1.06. The van der Waals surface area contributed by atoms with Gasteiger partial charge < -0.3 is 9.30 Å². The molecule has 110 valence electrons. The summed E-state index contributed by atoms with van der Waals surface area (Å²) in [5.74, 6) is 1.18. The van der Waals surface area contributed by atoms with Crippen LogP contribution in [0.4, 0.5) is 0 Å². The third-order valence-corrected chi connectivity index (χ3v) is 5.30. The van der Waals surface area contributed by atoms with Gasteiger partial charge in [-0.05, 0) is 24.2 Å². The van der Waals surface area contributed by atoms with Crippen molar-refractivity contribution in [2.45, 2.75) is 38.3 Å². The van der Waals surface area contributed by atoms with Crippen LogP contribution in [-0.2, 0) is 17.3 Å². The lowest BCUT2D eigenvalue weighted by Crippen LogP contribution is -2.22. The molecule has 0 saturated carbocycles. The van der Waals surface area contributed by atoms with Crippen LogP contribution in [0.15, 0.2) is 18.2 Å². The van der Waals surface area contributed by atoms with Gasteiger partial charge in [0, 0.05) is 19.7 Å². The Morgan fingerprint density at radius 3 is 2.70 bits per heavy atom. The summed E-state index contributed by atoms with van der Waals surface area (Å²) in [6, 6.07) is 6.80. The van der Waals surface area contributed by atoms with Crippen molar-refractivity contribution < 1.29 is 4.74 Å². The largest absolute Gasteiger partial charge is 0.361 e. The molecule has 0 aliphatic heterocycles. The standard InChI is InChI=1S/C14H20Cl2N2OSi/c1-20(2,3)7-6-19-10-18-13-8-11(16)4-5-12(13)17-14(18)9-15/h4-5,8H,6-7,9-10H2,1-3H3. The van der Waals surface area contributed by atoms with Gasteiger partial charge in [0.05, 0.1) is 16.9 Å². The number of halogens is 2.